The van der Waals surface area contributed by atoms with Gasteiger partial charge in [-0.2, -0.15) is 0 Å². The molecule has 9 nitrogen and oxygen atoms in total. The molecule has 30 heavy (non-hydrogen) atoms. The second-order valence-electron chi connectivity index (χ2n) is 6.58. The molecule has 0 fully saturated rings. The van der Waals surface area contributed by atoms with E-state index in [0.717, 1.165) is 16.3 Å². The number of nitrogen functional groups attached to an aromatic ring is 1. The molecule has 0 saturated carbocycles. The number of thioether (sulfide) groups is 1. The van der Waals surface area contributed by atoms with Crippen LogP contribution in [0.25, 0.3) is 11.2 Å². The molecule has 0 unspecified atom stereocenters. The van der Waals surface area contributed by atoms with Crippen molar-refractivity contribution in [1.29, 1.82) is 0 Å². The van der Waals surface area contributed by atoms with Crippen molar-refractivity contribution in [2.75, 3.05) is 12.3 Å². The normalized spacial score (nSPS) is 11.1. The summed E-state index contributed by atoms with van der Waals surface area (Å²) in [5.74, 6) is 1.34. The Bertz CT molecular complexity index is 1170. The molecule has 0 atom stereocenters. The number of anilines is 1. The Morgan fingerprint density at radius 3 is 2.97 bits per heavy atom. The first-order valence-corrected chi connectivity index (χ1v) is 10.3. The van der Waals surface area contributed by atoms with Gasteiger partial charge in [0, 0.05) is 17.5 Å². The molecule has 0 saturated heterocycles. The number of fused-ring (bicyclic) bond motifs is 1. The van der Waals surface area contributed by atoms with Crippen LogP contribution in [0.4, 0.5) is 5.82 Å². The minimum absolute atomic E-state index is 0.277. The summed E-state index contributed by atoms with van der Waals surface area (Å²) in [6.07, 6.45) is 3.69. The van der Waals surface area contributed by atoms with Crippen molar-refractivity contribution >= 4 is 34.7 Å². The van der Waals surface area contributed by atoms with E-state index in [-0.39, 0.29) is 12.6 Å². The van der Waals surface area contributed by atoms with Gasteiger partial charge in [0.15, 0.2) is 11.5 Å². The first kappa shape index (κ1) is 19.9. The zero-order valence-corrected chi connectivity index (χ0v) is 17.1. The summed E-state index contributed by atoms with van der Waals surface area (Å²) in [6, 6.07) is 9.25. The number of nitrogens with two attached hydrogens (primary N) is 1. The number of ether oxygens (including phenoxy) is 1. The summed E-state index contributed by atoms with van der Waals surface area (Å²) < 4.78 is 12.6. The van der Waals surface area contributed by atoms with Crippen LogP contribution in [0.5, 0.6) is 0 Å². The number of hydrogen-bond acceptors (Lipinski definition) is 9. The Morgan fingerprint density at radius 1 is 1.27 bits per heavy atom. The van der Waals surface area contributed by atoms with Crippen molar-refractivity contribution < 1.29 is 14.1 Å². The SMILES string of the molecule is Cc1cc(CSc2ccccc2C(=O)OCCCn2cnc3c(N)ncnc32)on1. The number of esters is 1. The van der Waals surface area contributed by atoms with Crippen molar-refractivity contribution in [2.24, 2.45) is 0 Å². The van der Waals surface area contributed by atoms with Gasteiger partial charge in [0.05, 0.1) is 29.9 Å². The first-order chi connectivity index (χ1) is 14.6. The molecule has 4 aromatic rings. The van der Waals surface area contributed by atoms with E-state index in [1.807, 2.05) is 35.8 Å². The zero-order chi connectivity index (χ0) is 20.9. The third kappa shape index (κ3) is 4.43. The van der Waals surface area contributed by atoms with Crippen molar-refractivity contribution in [3.05, 3.63) is 60.0 Å². The predicted octanol–water partition coefficient (Wildman–Crippen LogP) is 3.24. The molecule has 0 amide bonds. The van der Waals surface area contributed by atoms with Crippen molar-refractivity contribution in [2.45, 2.75) is 30.5 Å². The van der Waals surface area contributed by atoms with E-state index in [1.54, 1.807) is 12.4 Å². The predicted molar refractivity (Wildman–Crippen MR) is 112 cm³/mol. The van der Waals surface area contributed by atoms with E-state index in [2.05, 4.69) is 20.1 Å². The monoisotopic (exact) mass is 424 g/mol. The number of aromatic nitrogens is 5. The molecule has 0 radical (unpaired) electrons. The number of hydrogen-bond donors (Lipinski definition) is 1. The molecule has 0 spiro atoms. The van der Waals surface area contributed by atoms with Crippen molar-refractivity contribution in [3.63, 3.8) is 0 Å². The van der Waals surface area contributed by atoms with Gasteiger partial charge < -0.3 is 19.6 Å². The standard InChI is InChI=1S/C20H20N6O3S/c1-13-9-14(29-25-13)10-30-16-6-3-2-5-15(16)20(27)28-8-4-7-26-12-24-17-18(21)22-11-23-19(17)26/h2-3,5-6,9,11-12H,4,7-8,10H2,1H3,(H2,21,22,23). The maximum Gasteiger partial charge on any atom is 0.339 e. The van der Waals surface area contributed by atoms with E-state index >= 15 is 0 Å². The minimum atomic E-state index is -0.353. The van der Waals surface area contributed by atoms with Gasteiger partial charge >= 0.3 is 5.97 Å². The molecule has 3 heterocycles. The third-order valence-corrected chi connectivity index (χ3v) is 5.46. The topological polar surface area (TPSA) is 122 Å². The molecule has 3 aromatic heterocycles. The molecule has 10 heteroatoms. The Hall–Kier alpha value is -3.40. The quantitative estimate of drug-likeness (QED) is 0.258. The maximum atomic E-state index is 12.6. The van der Waals surface area contributed by atoms with Crippen molar-refractivity contribution in [1.82, 2.24) is 24.7 Å². The van der Waals surface area contributed by atoms with Crippen LogP contribution >= 0.6 is 11.8 Å². The molecule has 0 aliphatic heterocycles. The lowest BCUT2D eigenvalue weighted by atomic mass is 10.2. The lowest BCUT2D eigenvalue weighted by Crippen LogP contribution is -2.10. The molecule has 0 aliphatic rings. The molecule has 1 aromatic carbocycles. The summed E-state index contributed by atoms with van der Waals surface area (Å²) in [4.78, 5) is 25.8. The summed E-state index contributed by atoms with van der Waals surface area (Å²) in [7, 11) is 0. The van der Waals surface area contributed by atoms with E-state index in [1.165, 1.54) is 18.1 Å². The van der Waals surface area contributed by atoms with E-state index in [9.17, 15) is 4.79 Å². The maximum absolute atomic E-state index is 12.6. The number of rotatable bonds is 8. The summed E-state index contributed by atoms with van der Waals surface area (Å²) >= 11 is 1.51. The number of benzene rings is 1. The Morgan fingerprint density at radius 2 is 2.13 bits per heavy atom. The molecule has 154 valence electrons. The number of carbonyl (C=O) groups is 1. The van der Waals surface area contributed by atoms with Gasteiger partial charge in [-0.3, -0.25) is 0 Å². The van der Waals surface area contributed by atoms with Gasteiger partial charge in [-0.1, -0.05) is 17.3 Å². The molecular weight excluding hydrogens is 404 g/mol. The molecule has 4 rings (SSSR count). The second kappa shape index (κ2) is 8.95. The summed E-state index contributed by atoms with van der Waals surface area (Å²) in [6.45, 7) is 2.75. The highest BCUT2D eigenvalue weighted by molar-refractivity contribution is 7.98. The van der Waals surface area contributed by atoms with Gasteiger partial charge in [0.1, 0.15) is 17.6 Å². The van der Waals surface area contributed by atoms with E-state index in [0.29, 0.717) is 41.3 Å². The number of carbonyl (C=O) groups excluding carboxylic acids is 1. The highest BCUT2D eigenvalue weighted by atomic mass is 32.2. The van der Waals surface area contributed by atoms with Gasteiger partial charge in [0.2, 0.25) is 0 Å². The first-order valence-electron chi connectivity index (χ1n) is 9.34. The largest absolute Gasteiger partial charge is 0.462 e. The van der Waals surface area contributed by atoms with Crippen molar-refractivity contribution in [3.8, 4) is 0 Å². The molecule has 0 aliphatic carbocycles. The summed E-state index contributed by atoms with van der Waals surface area (Å²) in [5.41, 5.74) is 8.40. The van der Waals surface area contributed by atoms with Crippen LogP contribution < -0.4 is 5.73 Å². The fraction of sp³-hybridized carbons (Fsp3) is 0.250. The smallest absolute Gasteiger partial charge is 0.339 e. The van der Waals surface area contributed by atoms with Crippen LogP contribution in [0.1, 0.15) is 28.2 Å². The Kier molecular flexibility index (Phi) is 5.94. The molecule has 2 N–H and O–H groups in total. The Balaban J connectivity index is 1.32. The second-order valence-corrected chi connectivity index (χ2v) is 7.60. The third-order valence-electron chi connectivity index (χ3n) is 4.36. The number of aryl methyl sites for hydroxylation is 2. The Labute approximate surface area is 176 Å². The summed E-state index contributed by atoms with van der Waals surface area (Å²) in [5, 5.41) is 3.88. The van der Waals surface area contributed by atoms with Gasteiger partial charge in [-0.15, -0.1) is 11.8 Å². The van der Waals surface area contributed by atoms with Crippen LogP contribution in [0, 0.1) is 6.92 Å². The van der Waals surface area contributed by atoms with E-state index < -0.39 is 0 Å². The lowest BCUT2D eigenvalue weighted by Gasteiger charge is -2.09. The average Bonchev–Trinajstić information content (AvgIpc) is 3.36. The van der Waals surface area contributed by atoms with Crippen LogP contribution in [-0.2, 0) is 17.0 Å². The highest BCUT2D eigenvalue weighted by Crippen LogP contribution is 2.27. The van der Waals surface area contributed by atoms with Crippen LogP contribution in [0.2, 0.25) is 0 Å². The fourth-order valence-electron chi connectivity index (χ4n) is 2.93. The average molecular weight is 424 g/mol. The fourth-order valence-corrected chi connectivity index (χ4v) is 3.85. The van der Waals surface area contributed by atoms with E-state index in [4.69, 9.17) is 15.0 Å². The van der Waals surface area contributed by atoms with Crippen LogP contribution in [0.3, 0.4) is 0 Å². The van der Waals surface area contributed by atoms with Crippen LogP contribution in [-0.4, -0.2) is 37.3 Å². The van der Waals surface area contributed by atoms with Gasteiger partial charge in [-0.25, -0.2) is 19.7 Å². The highest BCUT2D eigenvalue weighted by Gasteiger charge is 2.14. The number of nitrogens with zero attached hydrogens (tertiary/aromatic N) is 5. The zero-order valence-electron chi connectivity index (χ0n) is 16.3. The van der Waals surface area contributed by atoms with Gasteiger partial charge in [0.25, 0.3) is 0 Å². The van der Waals surface area contributed by atoms with Gasteiger partial charge in [-0.05, 0) is 25.5 Å². The minimum Gasteiger partial charge on any atom is -0.462 e. The molecule has 0 bridgehead atoms. The van der Waals surface area contributed by atoms with Crippen LogP contribution in [0.15, 0.2) is 52.4 Å². The number of imidazole rings is 1. The molecular formula is C20H20N6O3S. The lowest BCUT2D eigenvalue weighted by molar-refractivity contribution is 0.0492.